The van der Waals surface area contributed by atoms with E-state index in [1.165, 1.54) is 46.1 Å². The lowest BCUT2D eigenvalue weighted by Gasteiger charge is -2.31. The summed E-state index contributed by atoms with van der Waals surface area (Å²) >= 11 is 3.30. The van der Waals surface area contributed by atoms with Gasteiger partial charge >= 0.3 is 0 Å². The summed E-state index contributed by atoms with van der Waals surface area (Å²) in [6.07, 6.45) is 6.87. The monoisotopic (exact) mass is 402 g/mol. The number of fused-ring (bicyclic) bond motifs is 3. The van der Waals surface area contributed by atoms with E-state index < -0.39 is 0 Å². The molecule has 0 N–H and O–H groups in total. The second-order valence-corrected chi connectivity index (χ2v) is 9.58. The van der Waals surface area contributed by atoms with Gasteiger partial charge in [-0.15, -0.1) is 21.5 Å². The van der Waals surface area contributed by atoms with Gasteiger partial charge in [-0.25, -0.2) is 0 Å². The van der Waals surface area contributed by atoms with Crippen LogP contribution in [0, 0.1) is 6.92 Å². The Balaban J connectivity index is 1.57. The van der Waals surface area contributed by atoms with Gasteiger partial charge in [0.25, 0.3) is 0 Å². The molecule has 144 valence electrons. The number of nitrogens with zero attached hydrogens (tertiary/aromatic N) is 4. The highest BCUT2D eigenvalue weighted by molar-refractivity contribution is 8.00. The molecule has 3 aromatic heterocycles. The Morgan fingerprint density at radius 2 is 2.04 bits per heavy atom. The van der Waals surface area contributed by atoms with Gasteiger partial charge in [0.1, 0.15) is 10.9 Å². The van der Waals surface area contributed by atoms with Gasteiger partial charge in [-0.3, -0.25) is 9.20 Å². The summed E-state index contributed by atoms with van der Waals surface area (Å²) in [4.78, 5) is 15.9. The van der Waals surface area contributed by atoms with Crippen molar-refractivity contribution in [3.63, 3.8) is 0 Å². The largest absolute Gasteiger partial charge is 0.342 e. The van der Waals surface area contributed by atoms with E-state index in [9.17, 15) is 4.79 Å². The van der Waals surface area contributed by atoms with E-state index in [0.717, 1.165) is 35.6 Å². The average Bonchev–Trinajstić information content (AvgIpc) is 3.22. The number of thiophene rings is 1. The summed E-state index contributed by atoms with van der Waals surface area (Å²) in [5.41, 5.74) is 2.27. The van der Waals surface area contributed by atoms with Gasteiger partial charge < -0.3 is 4.90 Å². The van der Waals surface area contributed by atoms with Crippen LogP contribution >= 0.6 is 23.1 Å². The Morgan fingerprint density at radius 3 is 2.78 bits per heavy atom. The number of carbonyl (C=O) groups is 1. The van der Waals surface area contributed by atoms with Crippen LogP contribution < -0.4 is 0 Å². The van der Waals surface area contributed by atoms with Gasteiger partial charge in [0, 0.05) is 24.4 Å². The number of amides is 1. The maximum absolute atomic E-state index is 12.7. The standard InChI is InChI=1S/C20H26N4OS2/c1-4-18-21-22-20(16-11-17-15(24(16)18)10-13(2)27-17)26-12-19(25)23(3)14-8-6-5-7-9-14/h10-11,14H,4-9,12H2,1-3H3. The minimum absolute atomic E-state index is 0.190. The van der Waals surface area contributed by atoms with Crippen LogP contribution in [0.1, 0.15) is 49.7 Å². The summed E-state index contributed by atoms with van der Waals surface area (Å²) < 4.78 is 3.47. The first kappa shape index (κ1) is 18.7. The Kier molecular flexibility index (Phi) is 5.41. The van der Waals surface area contributed by atoms with Crippen molar-refractivity contribution >= 4 is 44.7 Å². The molecule has 0 bridgehead atoms. The average molecular weight is 403 g/mol. The van der Waals surface area contributed by atoms with E-state index >= 15 is 0 Å². The van der Waals surface area contributed by atoms with Crippen molar-refractivity contribution in [1.29, 1.82) is 0 Å². The Hall–Kier alpha value is -1.60. The van der Waals surface area contributed by atoms with E-state index in [2.05, 4.69) is 40.6 Å². The van der Waals surface area contributed by atoms with Crippen LogP contribution in [0.4, 0.5) is 0 Å². The molecular weight excluding hydrogens is 376 g/mol. The summed E-state index contributed by atoms with van der Waals surface area (Å²) in [5.74, 6) is 1.57. The lowest BCUT2D eigenvalue weighted by Crippen LogP contribution is -2.39. The lowest BCUT2D eigenvalue weighted by atomic mass is 9.94. The first-order valence-electron chi connectivity index (χ1n) is 9.74. The maximum Gasteiger partial charge on any atom is 0.232 e. The van der Waals surface area contributed by atoms with Crippen LogP contribution in [0.2, 0.25) is 0 Å². The first-order chi connectivity index (χ1) is 13.1. The zero-order chi connectivity index (χ0) is 19.0. The van der Waals surface area contributed by atoms with E-state index in [4.69, 9.17) is 0 Å². The highest BCUT2D eigenvalue weighted by Gasteiger charge is 2.23. The number of hydrogen-bond acceptors (Lipinski definition) is 5. The highest BCUT2D eigenvalue weighted by atomic mass is 32.2. The SMILES string of the molecule is CCc1nnc(SCC(=O)N(C)C2CCCCC2)c2cc3sc(C)cc3n12. The molecule has 0 aromatic carbocycles. The van der Waals surface area contributed by atoms with Crippen molar-refractivity contribution in [3.05, 3.63) is 22.8 Å². The third-order valence-corrected chi connectivity index (χ3v) is 7.45. The van der Waals surface area contributed by atoms with Gasteiger partial charge in [0.2, 0.25) is 5.91 Å². The van der Waals surface area contributed by atoms with Crippen LogP contribution in [-0.2, 0) is 11.2 Å². The number of carbonyl (C=O) groups excluding carboxylic acids is 1. The summed E-state index contributed by atoms with van der Waals surface area (Å²) in [7, 11) is 1.95. The molecule has 0 radical (unpaired) electrons. The zero-order valence-electron chi connectivity index (χ0n) is 16.2. The molecule has 0 spiro atoms. The van der Waals surface area contributed by atoms with Gasteiger partial charge in [-0.2, -0.15) is 0 Å². The molecule has 0 unspecified atom stereocenters. The summed E-state index contributed by atoms with van der Waals surface area (Å²) in [5, 5.41) is 9.73. The van der Waals surface area contributed by atoms with E-state index in [1.807, 2.05) is 11.9 Å². The molecule has 4 rings (SSSR count). The Morgan fingerprint density at radius 1 is 1.26 bits per heavy atom. The molecule has 0 saturated heterocycles. The second-order valence-electron chi connectivity index (χ2n) is 7.33. The molecule has 5 nitrogen and oxygen atoms in total. The molecule has 3 heterocycles. The van der Waals surface area contributed by atoms with E-state index in [0.29, 0.717) is 11.8 Å². The van der Waals surface area contributed by atoms with Gasteiger partial charge in [-0.05, 0) is 31.9 Å². The quantitative estimate of drug-likeness (QED) is 0.581. The molecular formula is C20H26N4OS2. The molecule has 1 saturated carbocycles. The zero-order valence-corrected chi connectivity index (χ0v) is 17.8. The topological polar surface area (TPSA) is 50.5 Å². The Labute approximate surface area is 168 Å². The molecule has 7 heteroatoms. The van der Waals surface area contributed by atoms with Crippen molar-refractivity contribution in [2.45, 2.75) is 63.4 Å². The number of thioether (sulfide) groups is 1. The molecule has 1 aliphatic carbocycles. The lowest BCUT2D eigenvalue weighted by molar-refractivity contribution is -0.129. The summed E-state index contributed by atoms with van der Waals surface area (Å²) in [6, 6.07) is 4.81. The van der Waals surface area contributed by atoms with E-state index in [1.54, 1.807) is 11.3 Å². The second kappa shape index (κ2) is 7.80. The van der Waals surface area contributed by atoms with Crippen molar-refractivity contribution in [2.75, 3.05) is 12.8 Å². The van der Waals surface area contributed by atoms with Gasteiger partial charge in [0.15, 0.2) is 0 Å². The molecule has 1 amide bonds. The first-order valence-corrected chi connectivity index (χ1v) is 11.5. The van der Waals surface area contributed by atoms with Gasteiger partial charge in [-0.1, -0.05) is 37.9 Å². The molecule has 1 fully saturated rings. The minimum Gasteiger partial charge on any atom is -0.342 e. The number of rotatable bonds is 5. The van der Waals surface area contributed by atoms with Crippen LogP contribution in [0.3, 0.4) is 0 Å². The molecule has 0 atom stereocenters. The van der Waals surface area contributed by atoms with Gasteiger partial charge in [0.05, 0.1) is 21.5 Å². The number of hydrogen-bond donors (Lipinski definition) is 0. The predicted octanol–water partition coefficient (Wildman–Crippen LogP) is 4.70. The molecule has 27 heavy (non-hydrogen) atoms. The van der Waals surface area contributed by atoms with Crippen LogP contribution in [0.15, 0.2) is 17.2 Å². The maximum atomic E-state index is 12.7. The fourth-order valence-electron chi connectivity index (χ4n) is 3.99. The molecule has 3 aromatic rings. The van der Waals surface area contributed by atoms with Crippen molar-refractivity contribution in [1.82, 2.24) is 19.5 Å². The van der Waals surface area contributed by atoms with Crippen LogP contribution in [0.25, 0.3) is 15.7 Å². The van der Waals surface area contributed by atoms with Crippen molar-refractivity contribution < 1.29 is 4.79 Å². The predicted molar refractivity (Wildman–Crippen MR) is 113 cm³/mol. The third-order valence-electron chi connectivity index (χ3n) is 5.51. The normalized spacial score (nSPS) is 15.7. The van der Waals surface area contributed by atoms with Crippen LogP contribution in [-0.4, -0.2) is 44.2 Å². The molecule has 1 aliphatic rings. The summed E-state index contributed by atoms with van der Waals surface area (Å²) in [6.45, 7) is 4.23. The molecule has 0 aliphatic heterocycles. The smallest absolute Gasteiger partial charge is 0.232 e. The minimum atomic E-state index is 0.190. The fraction of sp³-hybridized carbons (Fsp3) is 0.550. The van der Waals surface area contributed by atoms with Crippen LogP contribution in [0.5, 0.6) is 0 Å². The van der Waals surface area contributed by atoms with E-state index in [-0.39, 0.29) is 5.91 Å². The van der Waals surface area contributed by atoms with Crippen molar-refractivity contribution in [2.24, 2.45) is 0 Å². The van der Waals surface area contributed by atoms with Crippen molar-refractivity contribution in [3.8, 4) is 0 Å². The highest BCUT2D eigenvalue weighted by Crippen LogP contribution is 2.33. The number of aryl methyl sites for hydroxylation is 2. The third kappa shape index (κ3) is 3.59. The number of aromatic nitrogens is 3. The fourth-order valence-corrected chi connectivity index (χ4v) is 5.79. The Bertz CT molecular complexity index is 971.